The summed E-state index contributed by atoms with van der Waals surface area (Å²) in [5.74, 6) is 0. The van der Waals surface area contributed by atoms with Crippen molar-refractivity contribution >= 4 is 35.2 Å². The van der Waals surface area contributed by atoms with E-state index in [1.807, 2.05) is 18.2 Å². The molecule has 2 aromatic carbocycles. The Hall–Kier alpha value is -2.06. The van der Waals surface area contributed by atoms with Gasteiger partial charge in [0.25, 0.3) is 6.47 Å². The van der Waals surface area contributed by atoms with Crippen molar-refractivity contribution in [2.45, 2.75) is 25.1 Å². The lowest BCUT2D eigenvalue weighted by atomic mass is 9.98. The van der Waals surface area contributed by atoms with Crippen molar-refractivity contribution in [3.05, 3.63) is 74.3 Å². The Labute approximate surface area is 187 Å². The molecule has 0 spiro atoms. The van der Waals surface area contributed by atoms with Gasteiger partial charge in [-0.15, -0.1) is 0 Å². The standard InChI is InChI=1S/C21H18Cl2F3NO.CH2O2/c22-15-3-1-12-7-14-10-27(6-5-16(14)17(12)9-15)11-20(28)13-2-4-19(23)18(8-13)21(24,25)26;2-1-3/h1-4,8-9,20,28H,5-7,10-11H2;1H,(H,2,3). The Morgan fingerprint density at radius 3 is 2.55 bits per heavy atom. The largest absolute Gasteiger partial charge is 0.483 e. The molecule has 4 rings (SSSR count). The van der Waals surface area contributed by atoms with Crippen LogP contribution in [0.5, 0.6) is 0 Å². The van der Waals surface area contributed by atoms with E-state index in [4.69, 9.17) is 33.1 Å². The van der Waals surface area contributed by atoms with Gasteiger partial charge in [-0.3, -0.25) is 9.69 Å². The van der Waals surface area contributed by atoms with Crippen molar-refractivity contribution in [1.82, 2.24) is 4.90 Å². The van der Waals surface area contributed by atoms with E-state index in [0.29, 0.717) is 11.6 Å². The number of aliphatic hydroxyl groups excluding tert-OH is 1. The molecule has 1 unspecified atom stereocenters. The fourth-order valence-corrected chi connectivity index (χ4v) is 4.46. The Morgan fingerprint density at radius 1 is 1.16 bits per heavy atom. The van der Waals surface area contributed by atoms with Crippen LogP contribution in [-0.2, 0) is 17.4 Å². The van der Waals surface area contributed by atoms with E-state index in [9.17, 15) is 18.3 Å². The fourth-order valence-electron chi connectivity index (χ4n) is 4.07. The number of benzene rings is 2. The van der Waals surface area contributed by atoms with Gasteiger partial charge >= 0.3 is 6.18 Å². The lowest BCUT2D eigenvalue weighted by Crippen LogP contribution is -2.34. The number of nitrogens with zero attached hydrogens (tertiary/aromatic N) is 1. The van der Waals surface area contributed by atoms with Crippen LogP contribution >= 0.6 is 23.2 Å². The maximum absolute atomic E-state index is 13.1. The molecule has 4 nitrogen and oxygen atoms in total. The normalized spacial score (nSPS) is 16.8. The predicted octanol–water partition coefficient (Wildman–Crippen LogP) is 5.46. The molecular weight excluding hydrogens is 454 g/mol. The molecule has 1 aliphatic carbocycles. The van der Waals surface area contributed by atoms with Gasteiger partial charge in [0.05, 0.1) is 16.7 Å². The van der Waals surface area contributed by atoms with Crippen molar-refractivity contribution in [3.63, 3.8) is 0 Å². The van der Waals surface area contributed by atoms with Crippen LogP contribution < -0.4 is 0 Å². The second kappa shape index (κ2) is 9.61. The maximum atomic E-state index is 13.1. The molecule has 0 saturated carbocycles. The van der Waals surface area contributed by atoms with E-state index in [-0.39, 0.29) is 23.6 Å². The molecule has 0 bridgehead atoms. The third-order valence-electron chi connectivity index (χ3n) is 5.43. The highest BCUT2D eigenvalue weighted by Crippen LogP contribution is 2.40. The van der Waals surface area contributed by atoms with Crippen LogP contribution in [0.25, 0.3) is 5.57 Å². The van der Waals surface area contributed by atoms with E-state index in [1.165, 1.54) is 34.4 Å². The van der Waals surface area contributed by atoms with Gasteiger partial charge in [0.1, 0.15) is 0 Å². The number of β-amino-alcohol motifs (C(OH)–C–C–N with tert-alkyl or cyclic N) is 1. The molecule has 166 valence electrons. The third-order valence-corrected chi connectivity index (χ3v) is 6.00. The monoisotopic (exact) mass is 473 g/mol. The average Bonchev–Trinajstić information content (AvgIpc) is 3.05. The predicted molar refractivity (Wildman–Crippen MR) is 113 cm³/mol. The van der Waals surface area contributed by atoms with Crippen LogP contribution in [0.15, 0.2) is 42.0 Å². The lowest BCUT2D eigenvalue weighted by molar-refractivity contribution is -0.137. The highest BCUT2D eigenvalue weighted by molar-refractivity contribution is 6.31. The SMILES string of the molecule is O=CO.OC(CN1CCC2=C(Cc3ccc(Cl)cc32)C1)c1ccc(Cl)c(C(F)(F)F)c1. The van der Waals surface area contributed by atoms with Crippen molar-refractivity contribution in [3.8, 4) is 0 Å². The number of hydrogen-bond donors (Lipinski definition) is 2. The van der Waals surface area contributed by atoms with Gasteiger partial charge < -0.3 is 10.2 Å². The summed E-state index contributed by atoms with van der Waals surface area (Å²) in [6, 6.07) is 9.51. The topological polar surface area (TPSA) is 60.8 Å². The zero-order valence-corrected chi connectivity index (χ0v) is 17.8. The zero-order valence-electron chi connectivity index (χ0n) is 16.3. The van der Waals surface area contributed by atoms with Gasteiger partial charge in [0, 0.05) is 24.7 Å². The molecule has 1 aliphatic heterocycles. The van der Waals surface area contributed by atoms with E-state index >= 15 is 0 Å². The van der Waals surface area contributed by atoms with Crippen molar-refractivity contribution in [1.29, 1.82) is 0 Å². The van der Waals surface area contributed by atoms with Gasteiger partial charge in [0.2, 0.25) is 0 Å². The molecule has 2 N–H and O–H groups in total. The highest BCUT2D eigenvalue weighted by atomic mass is 35.5. The van der Waals surface area contributed by atoms with Crippen LogP contribution in [-0.4, -0.2) is 41.2 Å². The third kappa shape index (κ3) is 5.41. The maximum Gasteiger partial charge on any atom is 0.417 e. The zero-order chi connectivity index (χ0) is 22.8. The minimum atomic E-state index is -4.55. The summed E-state index contributed by atoms with van der Waals surface area (Å²) in [4.78, 5) is 10.4. The number of rotatable bonds is 3. The number of alkyl halides is 3. The summed E-state index contributed by atoms with van der Waals surface area (Å²) < 4.78 is 39.2. The van der Waals surface area contributed by atoms with Crippen molar-refractivity contribution in [2.75, 3.05) is 19.6 Å². The first kappa shape index (κ1) is 23.6. The fraction of sp³-hybridized carbons (Fsp3) is 0.318. The molecular formula is C22H20Cl2F3NO3. The van der Waals surface area contributed by atoms with Crippen molar-refractivity contribution in [2.24, 2.45) is 0 Å². The van der Waals surface area contributed by atoms with Crippen LogP contribution in [0.1, 0.15) is 34.8 Å². The summed E-state index contributed by atoms with van der Waals surface area (Å²) in [5, 5.41) is 17.8. The number of aliphatic hydroxyl groups is 1. The van der Waals surface area contributed by atoms with E-state index in [2.05, 4.69) is 4.90 Å². The summed E-state index contributed by atoms with van der Waals surface area (Å²) in [7, 11) is 0. The Balaban J connectivity index is 0.000000858. The van der Waals surface area contributed by atoms with Crippen LogP contribution in [0, 0.1) is 0 Å². The van der Waals surface area contributed by atoms with Crippen LogP contribution in [0.3, 0.4) is 0 Å². The first-order valence-electron chi connectivity index (χ1n) is 9.48. The smallest absolute Gasteiger partial charge is 0.417 e. The van der Waals surface area contributed by atoms with Gasteiger partial charge in [0.15, 0.2) is 0 Å². The average molecular weight is 474 g/mol. The van der Waals surface area contributed by atoms with E-state index < -0.39 is 17.8 Å². The molecule has 2 aromatic rings. The molecule has 9 heteroatoms. The first-order chi connectivity index (χ1) is 14.6. The highest BCUT2D eigenvalue weighted by Gasteiger charge is 2.34. The number of carboxylic acid groups (broad SMARTS) is 1. The number of hydrogen-bond acceptors (Lipinski definition) is 3. The molecule has 0 fully saturated rings. The molecule has 1 atom stereocenters. The number of carbonyl (C=O) groups is 1. The second-order valence-corrected chi connectivity index (χ2v) is 8.25. The molecule has 2 aliphatic rings. The second-order valence-electron chi connectivity index (χ2n) is 7.40. The van der Waals surface area contributed by atoms with E-state index in [1.54, 1.807) is 0 Å². The minimum Gasteiger partial charge on any atom is -0.483 e. The van der Waals surface area contributed by atoms with Crippen molar-refractivity contribution < 1.29 is 28.2 Å². The summed E-state index contributed by atoms with van der Waals surface area (Å²) in [6.45, 7) is 1.45. The Bertz CT molecular complexity index is 1010. The quantitative estimate of drug-likeness (QED) is 0.580. The Kier molecular flexibility index (Phi) is 7.31. The number of fused-ring (bicyclic) bond motifs is 2. The summed E-state index contributed by atoms with van der Waals surface area (Å²) in [5.41, 5.74) is 4.37. The first-order valence-corrected chi connectivity index (χ1v) is 10.2. The summed E-state index contributed by atoms with van der Waals surface area (Å²) in [6.07, 6.45) is -3.87. The van der Waals surface area contributed by atoms with E-state index in [0.717, 1.165) is 25.5 Å². The molecule has 0 amide bonds. The van der Waals surface area contributed by atoms with Gasteiger partial charge in [-0.25, -0.2) is 0 Å². The minimum absolute atomic E-state index is 0.220. The lowest BCUT2D eigenvalue weighted by Gasteiger charge is -2.30. The van der Waals surface area contributed by atoms with Gasteiger partial charge in [-0.05, 0) is 64.9 Å². The van der Waals surface area contributed by atoms with Gasteiger partial charge in [-0.1, -0.05) is 35.3 Å². The summed E-state index contributed by atoms with van der Waals surface area (Å²) >= 11 is 11.8. The van der Waals surface area contributed by atoms with Crippen LogP contribution in [0.4, 0.5) is 13.2 Å². The molecule has 0 saturated heterocycles. The molecule has 1 heterocycles. The molecule has 0 aromatic heterocycles. The molecule has 0 radical (unpaired) electrons. The Morgan fingerprint density at radius 2 is 1.87 bits per heavy atom. The van der Waals surface area contributed by atoms with Crippen LogP contribution in [0.2, 0.25) is 10.0 Å². The molecule has 31 heavy (non-hydrogen) atoms. The number of halogens is 5. The van der Waals surface area contributed by atoms with Gasteiger partial charge in [-0.2, -0.15) is 13.2 Å².